The van der Waals surface area contributed by atoms with Crippen molar-refractivity contribution >= 4 is 15.5 Å². The molecule has 1 aromatic carbocycles. The van der Waals surface area contributed by atoms with Gasteiger partial charge in [0.1, 0.15) is 18.0 Å². The lowest BCUT2D eigenvalue weighted by Crippen LogP contribution is -2.30. The number of nitro groups is 1. The molecule has 110 valence electrons. The number of benzene rings is 1. The van der Waals surface area contributed by atoms with Crippen LogP contribution in [0.5, 0.6) is 5.75 Å². The van der Waals surface area contributed by atoms with E-state index in [1.807, 2.05) is 0 Å². The summed E-state index contributed by atoms with van der Waals surface area (Å²) < 4.78 is 28.3. The van der Waals surface area contributed by atoms with Crippen molar-refractivity contribution < 1.29 is 23.2 Å². The zero-order valence-corrected chi connectivity index (χ0v) is 11.9. The fourth-order valence-electron chi connectivity index (χ4n) is 2.22. The Morgan fingerprint density at radius 1 is 1.30 bits per heavy atom. The van der Waals surface area contributed by atoms with Crippen LogP contribution in [0.2, 0.25) is 0 Å². The van der Waals surface area contributed by atoms with Crippen molar-refractivity contribution in [1.29, 1.82) is 0 Å². The molecule has 1 heterocycles. The van der Waals surface area contributed by atoms with E-state index in [4.69, 9.17) is 4.74 Å². The molecule has 1 aliphatic rings. The van der Waals surface area contributed by atoms with E-state index >= 15 is 0 Å². The van der Waals surface area contributed by atoms with Crippen molar-refractivity contribution in [3.05, 3.63) is 33.4 Å². The van der Waals surface area contributed by atoms with Crippen LogP contribution in [0, 0.1) is 24.0 Å². The molecule has 0 aromatic heterocycles. The molecule has 1 fully saturated rings. The lowest BCUT2D eigenvalue weighted by Gasteiger charge is -2.17. The predicted octanol–water partition coefficient (Wildman–Crippen LogP) is 0.748. The molecule has 0 saturated carbocycles. The highest BCUT2D eigenvalue weighted by molar-refractivity contribution is 7.91. The summed E-state index contributed by atoms with van der Waals surface area (Å²) in [4.78, 5) is 10.4. The number of hydrogen-bond acceptors (Lipinski definition) is 6. The van der Waals surface area contributed by atoms with Crippen molar-refractivity contribution in [3.8, 4) is 5.75 Å². The first kappa shape index (κ1) is 14.7. The Morgan fingerprint density at radius 3 is 2.45 bits per heavy atom. The van der Waals surface area contributed by atoms with Gasteiger partial charge in [-0.15, -0.1) is 0 Å². The Kier molecular flexibility index (Phi) is 3.70. The molecule has 2 atom stereocenters. The quantitative estimate of drug-likeness (QED) is 0.652. The summed E-state index contributed by atoms with van der Waals surface area (Å²) in [6, 6.07) is 2.87. The standard InChI is InChI=1S/C12H15NO6S/c1-7-3-8(2)11(4-9(7)13(15)16)19-12-6-20(17,18)5-10(12)14/h3-4,10,12,14H,5-6H2,1-2H3. The van der Waals surface area contributed by atoms with Crippen LogP contribution in [0.4, 0.5) is 5.69 Å². The van der Waals surface area contributed by atoms with Crippen LogP contribution in [0.3, 0.4) is 0 Å². The van der Waals surface area contributed by atoms with Crippen molar-refractivity contribution in [2.45, 2.75) is 26.1 Å². The van der Waals surface area contributed by atoms with Gasteiger partial charge in [0.05, 0.1) is 22.5 Å². The number of aryl methyl sites for hydroxylation is 2. The monoisotopic (exact) mass is 301 g/mol. The number of hydrogen-bond donors (Lipinski definition) is 1. The second-order valence-corrected chi connectivity index (χ2v) is 7.12. The van der Waals surface area contributed by atoms with E-state index in [2.05, 4.69) is 0 Å². The summed E-state index contributed by atoms with van der Waals surface area (Å²) in [5.74, 6) is -0.400. The first-order valence-corrected chi connectivity index (χ1v) is 7.82. The molecule has 1 aromatic rings. The van der Waals surface area contributed by atoms with Crippen LogP contribution in [-0.2, 0) is 9.84 Å². The zero-order valence-electron chi connectivity index (χ0n) is 11.1. The number of rotatable bonds is 3. The second-order valence-electron chi connectivity index (χ2n) is 4.96. The molecular weight excluding hydrogens is 286 g/mol. The van der Waals surface area contributed by atoms with Crippen LogP contribution in [0.25, 0.3) is 0 Å². The highest BCUT2D eigenvalue weighted by Crippen LogP contribution is 2.30. The highest BCUT2D eigenvalue weighted by Gasteiger charge is 2.38. The number of aliphatic hydroxyl groups is 1. The first-order chi connectivity index (χ1) is 9.19. The normalized spacial score (nSPS) is 24.6. The maximum atomic E-state index is 11.4. The van der Waals surface area contributed by atoms with Gasteiger partial charge >= 0.3 is 0 Å². The highest BCUT2D eigenvalue weighted by atomic mass is 32.2. The molecule has 0 aliphatic carbocycles. The Morgan fingerprint density at radius 2 is 1.95 bits per heavy atom. The summed E-state index contributed by atoms with van der Waals surface area (Å²) in [5, 5.41) is 20.6. The van der Waals surface area contributed by atoms with E-state index in [9.17, 15) is 23.6 Å². The maximum Gasteiger partial charge on any atom is 0.276 e. The maximum absolute atomic E-state index is 11.4. The van der Waals surface area contributed by atoms with Gasteiger partial charge in [0, 0.05) is 5.56 Å². The summed E-state index contributed by atoms with van der Waals surface area (Å²) in [5.41, 5.74) is 1.06. The van der Waals surface area contributed by atoms with Gasteiger partial charge in [-0.25, -0.2) is 8.42 Å². The van der Waals surface area contributed by atoms with Crippen LogP contribution in [0.15, 0.2) is 12.1 Å². The van der Waals surface area contributed by atoms with E-state index in [1.165, 1.54) is 6.07 Å². The third kappa shape index (κ3) is 2.91. The largest absolute Gasteiger partial charge is 0.486 e. The molecule has 2 unspecified atom stereocenters. The lowest BCUT2D eigenvalue weighted by molar-refractivity contribution is -0.385. The average molecular weight is 301 g/mol. The molecule has 0 radical (unpaired) electrons. The molecule has 1 N–H and O–H groups in total. The molecule has 20 heavy (non-hydrogen) atoms. The van der Waals surface area contributed by atoms with Gasteiger partial charge in [-0.1, -0.05) is 0 Å². The third-order valence-corrected chi connectivity index (χ3v) is 4.93. The Hall–Kier alpha value is -1.67. The molecule has 0 spiro atoms. The van der Waals surface area contributed by atoms with Crippen molar-refractivity contribution in [1.82, 2.24) is 0 Å². The van der Waals surface area contributed by atoms with Gasteiger partial charge in [0.2, 0.25) is 0 Å². The summed E-state index contributed by atoms with van der Waals surface area (Å²) >= 11 is 0. The Labute approximate surface area is 116 Å². The average Bonchev–Trinajstić information content (AvgIpc) is 2.55. The van der Waals surface area contributed by atoms with E-state index in [-0.39, 0.29) is 22.9 Å². The molecule has 2 rings (SSSR count). The topological polar surface area (TPSA) is 107 Å². The van der Waals surface area contributed by atoms with E-state index in [1.54, 1.807) is 19.9 Å². The van der Waals surface area contributed by atoms with Crippen LogP contribution in [-0.4, -0.2) is 42.2 Å². The van der Waals surface area contributed by atoms with Gasteiger partial charge in [-0.2, -0.15) is 0 Å². The zero-order chi connectivity index (χ0) is 15.1. The van der Waals surface area contributed by atoms with Crippen LogP contribution in [0.1, 0.15) is 11.1 Å². The molecule has 0 bridgehead atoms. The van der Waals surface area contributed by atoms with E-state index in [0.29, 0.717) is 11.1 Å². The van der Waals surface area contributed by atoms with Gasteiger partial charge in [0.15, 0.2) is 9.84 Å². The van der Waals surface area contributed by atoms with Crippen LogP contribution < -0.4 is 4.74 Å². The number of nitrogens with zero attached hydrogens (tertiary/aromatic N) is 1. The predicted molar refractivity (Wildman–Crippen MR) is 71.6 cm³/mol. The minimum atomic E-state index is -3.32. The third-order valence-electron chi connectivity index (χ3n) is 3.24. The molecule has 8 heteroatoms. The van der Waals surface area contributed by atoms with Gasteiger partial charge in [-0.3, -0.25) is 10.1 Å². The summed E-state index contributed by atoms with van der Waals surface area (Å²) in [6.45, 7) is 3.33. The number of ether oxygens (including phenoxy) is 1. The fraction of sp³-hybridized carbons (Fsp3) is 0.500. The summed E-state index contributed by atoms with van der Waals surface area (Å²) in [7, 11) is -3.32. The van der Waals surface area contributed by atoms with Crippen molar-refractivity contribution in [3.63, 3.8) is 0 Å². The van der Waals surface area contributed by atoms with E-state index < -0.39 is 27.0 Å². The van der Waals surface area contributed by atoms with Gasteiger partial charge < -0.3 is 9.84 Å². The SMILES string of the molecule is Cc1cc(C)c([N+](=O)[O-])cc1OC1CS(=O)(=O)CC1O. The Balaban J connectivity index is 2.30. The molecule has 7 nitrogen and oxygen atoms in total. The number of nitro benzene ring substituents is 1. The minimum absolute atomic E-state index is 0.0963. The fourth-order valence-corrected chi connectivity index (χ4v) is 3.88. The summed E-state index contributed by atoms with van der Waals surface area (Å²) in [6.07, 6.45) is -2.00. The first-order valence-electron chi connectivity index (χ1n) is 6.00. The minimum Gasteiger partial charge on any atom is -0.486 e. The Bertz CT molecular complexity index is 654. The molecular formula is C12H15NO6S. The molecule has 1 saturated heterocycles. The van der Waals surface area contributed by atoms with Gasteiger partial charge in [0.25, 0.3) is 5.69 Å². The van der Waals surface area contributed by atoms with E-state index in [0.717, 1.165) is 0 Å². The number of sulfone groups is 1. The van der Waals surface area contributed by atoms with Crippen molar-refractivity contribution in [2.75, 3.05) is 11.5 Å². The second kappa shape index (κ2) is 5.02. The lowest BCUT2D eigenvalue weighted by atomic mass is 10.1. The van der Waals surface area contributed by atoms with Gasteiger partial charge in [-0.05, 0) is 25.5 Å². The van der Waals surface area contributed by atoms with Crippen LogP contribution >= 0.6 is 0 Å². The smallest absolute Gasteiger partial charge is 0.276 e. The molecule has 0 amide bonds. The molecule has 1 aliphatic heterocycles. The number of aliphatic hydroxyl groups excluding tert-OH is 1. The van der Waals surface area contributed by atoms with Crippen molar-refractivity contribution in [2.24, 2.45) is 0 Å².